The third-order valence-corrected chi connectivity index (χ3v) is 2.92. The van der Waals surface area contributed by atoms with Crippen molar-refractivity contribution in [2.75, 3.05) is 26.4 Å². The fourth-order valence-corrected chi connectivity index (χ4v) is 1.75. The zero-order chi connectivity index (χ0) is 14.6. The molecule has 19 heavy (non-hydrogen) atoms. The van der Waals surface area contributed by atoms with Crippen LogP contribution in [0.1, 0.15) is 29.5 Å². The molecule has 0 saturated heterocycles. The number of aromatic nitrogens is 2. The molecule has 7 heteroatoms. The second-order valence-corrected chi connectivity index (χ2v) is 4.24. The first kappa shape index (κ1) is 15.0. The van der Waals surface area contributed by atoms with E-state index in [9.17, 15) is 9.59 Å². The van der Waals surface area contributed by atoms with Crippen LogP contribution in [0.15, 0.2) is 0 Å². The van der Waals surface area contributed by atoms with Crippen molar-refractivity contribution in [1.82, 2.24) is 14.7 Å². The fraction of sp³-hybridized carbons (Fsp3) is 0.583. The molecule has 106 valence electrons. The minimum absolute atomic E-state index is 0.150. The topological polar surface area (TPSA) is 90.5 Å². The lowest BCUT2D eigenvalue weighted by Gasteiger charge is -2.16. The number of nitrogens with two attached hydrogens (primary N) is 1. The Labute approximate surface area is 112 Å². The number of amides is 1. The van der Waals surface area contributed by atoms with Crippen molar-refractivity contribution in [2.24, 2.45) is 7.05 Å². The highest BCUT2D eigenvalue weighted by molar-refractivity contribution is 5.98. The lowest BCUT2D eigenvalue weighted by molar-refractivity contribution is -0.140. The summed E-state index contributed by atoms with van der Waals surface area (Å²) in [5.74, 6) is -0.608. The van der Waals surface area contributed by atoms with Gasteiger partial charge in [-0.3, -0.25) is 14.3 Å². The standard InChI is InChI=1S/C12H20N4O3/c1-5-8-10(13)11(16(3)14-8)12(18)15(2)7-6-9(17)19-4/h5-7,13H2,1-4H3. The van der Waals surface area contributed by atoms with E-state index in [0.29, 0.717) is 23.5 Å². The third kappa shape index (κ3) is 3.24. The Morgan fingerprint density at radius 2 is 2.11 bits per heavy atom. The summed E-state index contributed by atoms with van der Waals surface area (Å²) in [7, 11) is 4.61. The molecule has 0 saturated carbocycles. The summed E-state index contributed by atoms with van der Waals surface area (Å²) in [6, 6.07) is 0. The smallest absolute Gasteiger partial charge is 0.307 e. The Bertz CT molecular complexity index is 482. The van der Waals surface area contributed by atoms with E-state index < -0.39 is 0 Å². The van der Waals surface area contributed by atoms with Crippen molar-refractivity contribution < 1.29 is 14.3 Å². The number of nitrogens with zero attached hydrogens (tertiary/aromatic N) is 3. The van der Waals surface area contributed by atoms with Crippen molar-refractivity contribution in [3.8, 4) is 0 Å². The molecule has 0 aliphatic carbocycles. The van der Waals surface area contributed by atoms with Crippen molar-refractivity contribution >= 4 is 17.6 Å². The molecule has 0 aliphatic rings. The van der Waals surface area contributed by atoms with Crippen LogP contribution in [0.4, 0.5) is 5.69 Å². The number of aryl methyl sites for hydroxylation is 2. The van der Waals surface area contributed by atoms with Crippen molar-refractivity contribution in [3.05, 3.63) is 11.4 Å². The molecular formula is C12H20N4O3. The number of carbonyl (C=O) groups is 2. The van der Waals surface area contributed by atoms with E-state index in [-0.39, 0.29) is 24.8 Å². The van der Waals surface area contributed by atoms with Crippen LogP contribution in [0.2, 0.25) is 0 Å². The number of rotatable bonds is 5. The van der Waals surface area contributed by atoms with E-state index in [1.807, 2.05) is 6.92 Å². The Kier molecular flexibility index (Phi) is 4.91. The minimum Gasteiger partial charge on any atom is -0.469 e. The molecule has 2 N–H and O–H groups in total. The molecule has 0 spiro atoms. The Morgan fingerprint density at radius 1 is 1.47 bits per heavy atom. The largest absolute Gasteiger partial charge is 0.469 e. The van der Waals surface area contributed by atoms with Gasteiger partial charge < -0.3 is 15.4 Å². The molecule has 0 aromatic carbocycles. The van der Waals surface area contributed by atoms with Gasteiger partial charge in [-0.15, -0.1) is 0 Å². The number of methoxy groups -OCH3 is 1. The van der Waals surface area contributed by atoms with E-state index in [0.717, 1.165) is 0 Å². The summed E-state index contributed by atoms with van der Waals surface area (Å²) < 4.78 is 6.01. The van der Waals surface area contributed by atoms with E-state index in [1.54, 1.807) is 14.1 Å². The minimum atomic E-state index is -0.355. The second-order valence-electron chi connectivity index (χ2n) is 4.24. The van der Waals surface area contributed by atoms with Gasteiger partial charge in [-0.1, -0.05) is 6.92 Å². The van der Waals surface area contributed by atoms with E-state index in [4.69, 9.17) is 5.73 Å². The first-order chi connectivity index (χ1) is 8.92. The van der Waals surface area contributed by atoms with Crippen LogP contribution >= 0.6 is 0 Å². The number of hydrogen-bond donors (Lipinski definition) is 1. The van der Waals surface area contributed by atoms with Crippen LogP contribution in [0.3, 0.4) is 0 Å². The number of hydrogen-bond acceptors (Lipinski definition) is 5. The highest BCUT2D eigenvalue weighted by Gasteiger charge is 2.22. The Morgan fingerprint density at radius 3 is 2.58 bits per heavy atom. The van der Waals surface area contributed by atoms with Crippen LogP contribution < -0.4 is 5.73 Å². The average Bonchev–Trinajstić information content (AvgIpc) is 2.69. The van der Waals surface area contributed by atoms with Crippen LogP contribution in [-0.4, -0.2) is 47.3 Å². The molecule has 7 nitrogen and oxygen atoms in total. The lowest BCUT2D eigenvalue weighted by atomic mass is 10.2. The van der Waals surface area contributed by atoms with Gasteiger partial charge in [-0.25, -0.2) is 0 Å². The summed E-state index contributed by atoms with van der Waals surface area (Å²) >= 11 is 0. The van der Waals surface area contributed by atoms with Gasteiger partial charge in [0.2, 0.25) is 0 Å². The first-order valence-corrected chi connectivity index (χ1v) is 6.05. The second kappa shape index (κ2) is 6.21. The molecule has 0 fully saturated rings. The van der Waals surface area contributed by atoms with Gasteiger partial charge >= 0.3 is 5.97 Å². The highest BCUT2D eigenvalue weighted by atomic mass is 16.5. The predicted octanol–water partition coefficient (Wildman–Crippen LogP) is 0.200. The predicted molar refractivity (Wildman–Crippen MR) is 70.6 cm³/mol. The molecule has 0 unspecified atom stereocenters. The lowest BCUT2D eigenvalue weighted by Crippen LogP contribution is -2.31. The van der Waals surface area contributed by atoms with Crippen molar-refractivity contribution in [2.45, 2.75) is 19.8 Å². The number of esters is 1. The molecular weight excluding hydrogens is 248 g/mol. The maximum absolute atomic E-state index is 12.2. The summed E-state index contributed by atoms with van der Waals surface area (Å²) in [6.45, 7) is 2.20. The Balaban J connectivity index is 2.82. The zero-order valence-corrected chi connectivity index (χ0v) is 11.8. The molecule has 1 aromatic heterocycles. The van der Waals surface area contributed by atoms with Gasteiger partial charge in [-0.05, 0) is 6.42 Å². The van der Waals surface area contributed by atoms with E-state index >= 15 is 0 Å². The molecule has 1 amide bonds. The van der Waals surface area contributed by atoms with Gasteiger partial charge in [0.05, 0.1) is 24.9 Å². The van der Waals surface area contributed by atoms with E-state index in [2.05, 4.69) is 9.84 Å². The molecule has 0 aliphatic heterocycles. The Hall–Kier alpha value is -2.05. The maximum Gasteiger partial charge on any atom is 0.307 e. The zero-order valence-electron chi connectivity index (χ0n) is 11.8. The van der Waals surface area contributed by atoms with Gasteiger partial charge in [0.25, 0.3) is 5.91 Å². The normalized spacial score (nSPS) is 10.3. The van der Waals surface area contributed by atoms with Gasteiger partial charge in [0, 0.05) is 20.6 Å². The molecule has 1 heterocycles. The average molecular weight is 268 g/mol. The first-order valence-electron chi connectivity index (χ1n) is 6.05. The molecule has 1 aromatic rings. The van der Waals surface area contributed by atoms with Gasteiger partial charge in [-0.2, -0.15) is 5.10 Å². The van der Waals surface area contributed by atoms with Crippen LogP contribution in [-0.2, 0) is 23.0 Å². The van der Waals surface area contributed by atoms with Crippen molar-refractivity contribution in [3.63, 3.8) is 0 Å². The summed E-state index contributed by atoms with van der Waals surface area (Å²) in [6.07, 6.45) is 0.815. The number of ether oxygens (including phenoxy) is 1. The van der Waals surface area contributed by atoms with Crippen LogP contribution in [0.25, 0.3) is 0 Å². The number of nitrogen functional groups attached to an aromatic ring is 1. The number of anilines is 1. The SMILES string of the molecule is CCc1nn(C)c(C(=O)N(C)CCC(=O)OC)c1N. The van der Waals surface area contributed by atoms with Crippen LogP contribution in [0, 0.1) is 0 Å². The fourth-order valence-electron chi connectivity index (χ4n) is 1.75. The molecule has 0 bridgehead atoms. The quantitative estimate of drug-likeness (QED) is 0.770. The number of carbonyl (C=O) groups excluding carboxylic acids is 2. The summed E-state index contributed by atoms with van der Waals surface area (Å²) in [5, 5.41) is 4.20. The summed E-state index contributed by atoms with van der Waals surface area (Å²) in [4.78, 5) is 24.7. The molecule has 0 atom stereocenters. The monoisotopic (exact) mass is 268 g/mol. The van der Waals surface area contributed by atoms with E-state index in [1.165, 1.54) is 16.7 Å². The van der Waals surface area contributed by atoms with Crippen LogP contribution in [0.5, 0.6) is 0 Å². The third-order valence-electron chi connectivity index (χ3n) is 2.92. The summed E-state index contributed by atoms with van der Waals surface area (Å²) in [5.41, 5.74) is 7.37. The van der Waals surface area contributed by atoms with Crippen molar-refractivity contribution in [1.29, 1.82) is 0 Å². The molecule has 1 rings (SSSR count). The molecule has 0 radical (unpaired) electrons. The van der Waals surface area contributed by atoms with Gasteiger partial charge in [0.15, 0.2) is 0 Å². The maximum atomic E-state index is 12.2. The highest BCUT2D eigenvalue weighted by Crippen LogP contribution is 2.18. The van der Waals surface area contributed by atoms with Gasteiger partial charge in [0.1, 0.15) is 5.69 Å².